The first-order valence-electron chi connectivity index (χ1n) is 14.2. The lowest BCUT2D eigenvalue weighted by atomic mass is 9.87. The van der Waals surface area contributed by atoms with Crippen molar-refractivity contribution >= 4 is 17.4 Å². The Morgan fingerprint density at radius 1 is 1.17 bits per heavy atom. The second-order valence-corrected chi connectivity index (χ2v) is 12.0. The fraction of sp³-hybridized carbons (Fsp3) is 0.467. The van der Waals surface area contributed by atoms with Gasteiger partial charge in [-0.15, -0.1) is 5.10 Å². The Labute approximate surface area is 239 Å². The van der Waals surface area contributed by atoms with Crippen LogP contribution >= 0.6 is 0 Å². The Kier molecular flexibility index (Phi) is 7.39. The smallest absolute Gasteiger partial charge is 0.227 e. The lowest BCUT2D eigenvalue weighted by Crippen LogP contribution is -2.35. The van der Waals surface area contributed by atoms with Crippen LogP contribution in [0.5, 0.6) is 0 Å². The average Bonchev–Trinajstić information content (AvgIpc) is 3.71. The Bertz CT molecular complexity index is 1530. The molecule has 41 heavy (non-hydrogen) atoms. The highest BCUT2D eigenvalue weighted by molar-refractivity contribution is 5.94. The van der Waals surface area contributed by atoms with Gasteiger partial charge in [-0.3, -0.25) is 14.4 Å². The van der Waals surface area contributed by atoms with Gasteiger partial charge < -0.3 is 10.1 Å². The third-order valence-electron chi connectivity index (χ3n) is 7.95. The van der Waals surface area contributed by atoms with Gasteiger partial charge in [-0.2, -0.15) is 5.10 Å². The molecule has 1 fully saturated rings. The van der Waals surface area contributed by atoms with Gasteiger partial charge in [0.05, 0.1) is 35.9 Å². The molecule has 0 bridgehead atoms. The van der Waals surface area contributed by atoms with E-state index >= 15 is 0 Å². The Balaban J connectivity index is 1.28. The highest BCUT2D eigenvalue weighted by Gasteiger charge is 2.31. The maximum atomic E-state index is 13.4. The van der Waals surface area contributed by atoms with Gasteiger partial charge in [0, 0.05) is 50.6 Å². The molecule has 0 spiro atoms. The standard InChI is InChI=1S/C30H37N9O2/c1-30(2,3)39-18-27(35-36-39)28(40)14-20-8-11-38(24-9-12-41-19-24)16-22-13-21(5-6-25(20)22)26-7-10-31-29(34-26)33-23-15-32-37(4)17-23/h5-7,10,13,15,17-18,20,24H,8-9,11-12,14,16,19H2,1-4H3,(H,31,33,34)/t20-,24?/m0/s1. The van der Waals surface area contributed by atoms with Gasteiger partial charge in [-0.25, -0.2) is 14.6 Å². The summed E-state index contributed by atoms with van der Waals surface area (Å²) in [5.41, 5.74) is 5.32. The molecule has 5 heterocycles. The maximum Gasteiger partial charge on any atom is 0.227 e. The number of ether oxygens (including phenoxy) is 1. The second-order valence-electron chi connectivity index (χ2n) is 12.0. The Morgan fingerprint density at radius 2 is 2.05 bits per heavy atom. The number of Topliss-reactive ketones (excluding diaryl/α,β-unsaturated/α-hetero) is 1. The van der Waals surface area contributed by atoms with Crippen LogP contribution in [0.15, 0.2) is 49.1 Å². The minimum atomic E-state index is -0.227. The van der Waals surface area contributed by atoms with Crippen molar-refractivity contribution < 1.29 is 9.53 Å². The second kappa shape index (κ2) is 11.1. The maximum absolute atomic E-state index is 13.4. The van der Waals surface area contributed by atoms with E-state index in [1.165, 1.54) is 11.1 Å². The lowest BCUT2D eigenvalue weighted by Gasteiger charge is -2.26. The van der Waals surface area contributed by atoms with E-state index < -0.39 is 0 Å². The number of hydrogen-bond donors (Lipinski definition) is 1. The van der Waals surface area contributed by atoms with Gasteiger partial charge in [-0.05, 0) is 69.3 Å². The number of rotatable bonds is 7. The SMILES string of the molecule is Cn1cc(Nc2nccc(-c3ccc4c(c3)CN(C3CCOC3)CC[C@H]4CC(=O)c3cn(C(C)(C)C)nn3)n2)cn1. The summed E-state index contributed by atoms with van der Waals surface area (Å²) in [6.45, 7) is 9.42. The number of carbonyl (C=O) groups excluding carboxylic acids is 1. The molecule has 11 heteroatoms. The minimum absolute atomic E-state index is 0.0279. The van der Waals surface area contributed by atoms with Crippen molar-refractivity contribution in [3.05, 3.63) is 65.9 Å². The van der Waals surface area contributed by atoms with E-state index in [4.69, 9.17) is 9.72 Å². The first-order valence-corrected chi connectivity index (χ1v) is 14.2. The highest BCUT2D eigenvalue weighted by atomic mass is 16.5. The third kappa shape index (κ3) is 6.06. The largest absolute Gasteiger partial charge is 0.380 e. The summed E-state index contributed by atoms with van der Waals surface area (Å²) in [7, 11) is 1.87. The first kappa shape index (κ1) is 27.2. The Morgan fingerprint density at radius 3 is 2.78 bits per heavy atom. The quantitative estimate of drug-likeness (QED) is 0.333. The van der Waals surface area contributed by atoms with E-state index in [1.54, 1.807) is 28.0 Å². The fourth-order valence-electron chi connectivity index (χ4n) is 5.65. The molecule has 0 radical (unpaired) electrons. The molecule has 0 saturated carbocycles. The van der Waals surface area contributed by atoms with Crippen molar-refractivity contribution in [2.24, 2.45) is 7.05 Å². The van der Waals surface area contributed by atoms with Crippen molar-refractivity contribution in [2.75, 3.05) is 25.1 Å². The molecule has 1 saturated heterocycles. The monoisotopic (exact) mass is 555 g/mol. The van der Waals surface area contributed by atoms with Crippen LogP contribution in [0.1, 0.15) is 67.6 Å². The molecule has 11 nitrogen and oxygen atoms in total. The summed E-state index contributed by atoms with van der Waals surface area (Å²) >= 11 is 0. The van der Waals surface area contributed by atoms with Crippen LogP contribution in [0.4, 0.5) is 11.6 Å². The van der Waals surface area contributed by atoms with E-state index in [1.807, 2.05) is 40.1 Å². The minimum Gasteiger partial charge on any atom is -0.380 e. The van der Waals surface area contributed by atoms with Gasteiger partial charge in [0.25, 0.3) is 0 Å². The molecule has 1 unspecified atom stereocenters. The van der Waals surface area contributed by atoms with Crippen LogP contribution < -0.4 is 5.32 Å². The molecular formula is C30H37N9O2. The van der Waals surface area contributed by atoms with E-state index in [9.17, 15) is 4.79 Å². The van der Waals surface area contributed by atoms with Crippen LogP contribution in [0.25, 0.3) is 11.3 Å². The van der Waals surface area contributed by atoms with Crippen molar-refractivity contribution in [2.45, 2.75) is 64.1 Å². The number of aromatic nitrogens is 7. The number of nitrogens with zero attached hydrogens (tertiary/aromatic N) is 8. The van der Waals surface area contributed by atoms with Crippen LogP contribution in [0, 0.1) is 0 Å². The molecule has 1 N–H and O–H groups in total. The van der Waals surface area contributed by atoms with Crippen LogP contribution in [0.2, 0.25) is 0 Å². The lowest BCUT2D eigenvalue weighted by molar-refractivity contribution is 0.0963. The zero-order valence-corrected chi connectivity index (χ0v) is 24.1. The fourth-order valence-corrected chi connectivity index (χ4v) is 5.65. The van der Waals surface area contributed by atoms with E-state index in [0.717, 1.165) is 56.1 Å². The number of nitrogens with one attached hydrogen (secondary N) is 1. The first-order chi connectivity index (χ1) is 19.7. The summed E-state index contributed by atoms with van der Waals surface area (Å²) in [6.07, 6.45) is 9.49. The number of ketones is 1. The summed E-state index contributed by atoms with van der Waals surface area (Å²) in [5.74, 6) is 0.633. The van der Waals surface area contributed by atoms with Gasteiger partial charge in [0.2, 0.25) is 5.95 Å². The van der Waals surface area contributed by atoms with Crippen molar-refractivity contribution in [3.8, 4) is 11.3 Å². The van der Waals surface area contributed by atoms with E-state index in [2.05, 4.69) is 48.8 Å². The zero-order valence-electron chi connectivity index (χ0n) is 24.1. The highest BCUT2D eigenvalue weighted by Crippen LogP contribution is 2.36. The number of anilines is 2. The molecule has 0 amide bonds. The molecule has 0 aliphatic carbocycles. The number of fused-ring (bicyclic) bond motifs is 1. The summed E-state index contributed by atoms with van der Waals surface area (Å²) in [4.78, 5) is 25.1. The van der Waals surface area contributed by atoms with Crippen molar-refractivity contribution in [1.29, 1.82) is 0 Å². The Hall–Kier alpha value is -3.96. The predicted molar refractivity (Wildman–Crippen MR) is 155 cm³/mol. The third-order valence-corrected chi connectivity index (χ3v) is 7.95. The normalized spacial score (nSPS) is 19.6. The molecule has 4 aromatic rings. The molecule has 214 valence electrons. The predicted octanol–water partition coefficient (Wildman–Crippen LogP) is 4.32. The van der Waals surface area contributed by atoms with Crippen molar-refractivity contribution in [3.63, 3.8) is 0 Å². The van der Waals surface area contributed by atoms with Gasteiger partial charge in [0.1, 0.15) is 5.69 Å². The number of hydrogen-bond acceptors (Lipinski definition) is 9. The summed E-state index contributed by atoms with van der Waals surface area (Å²) in [5, 5.41) is 15.9. The van der Waals surface area contributed by atoms with E-state index in [0.29, 0.717) is 24.1 Å². The molecular weight excluding hydrogens is 518 g/mol. The van der Waals surface area contributed by atoms with Crippen LogP contribution in [-0.4, -0.2) is 71.2 Å². The van der Waals surface area contributed by atoms with Crippen molar-refractivity contribution in [1.82, 2.24) is 39.6 Å². The molecule has 2 aliphatic heterocycles. The van der Waals surface area contributed by atoms with Gasteiger partial charge in [0.15, 0.2) is 5.78 Å². The average molecular weight is 556 g/mol. The summed E-state index contributed by atoms with van der Waals surface area (Å²) < 4.78 is 9.22. The van der Waals surface area contributed by atoms with Gasteiger partial charge >= 0.3 is 0 Å². The van der Waals surface area contributed by atoms with Crippen LogP contribution in [-0.2, 0) is 23.9 Å². The molecule has 3 aromatic heterocycles. The molecule has 6 rings (SSSR count). The number of carbonyl (C=O) groups is 1. The molecule has 2 aliphatic rings. The number of aryl methyl sites for hydroxylation is 1. The summed E-state index contributed by atoms with van der Waals surface area (Å²) in [6, 6.07) is 8.83. The van der Waals surface area contributed by atoms with Gasteiger partial charge in [-0.1, -0.05) is 17.3 Å². The molecule has 1 aromatic carbocycles. The van der Waals surface area contributed by atoms with Crippen LogP contribution in [0.3, 0.4) is 0 Å². The molecule has 2 atom stereocenters. The van der Waals surface area contributed by atoms with E-state index in [-0.39, 0.29) is 17.2 Å². The topological polar surface area (TPSA) is 116 Å². The number of benzene rings is 1. The zero-order chi connectivity index (χ0) is 28.6.